The summed E-state index contributed by atoms with van der Waals surface area (Å²) in [4.78, 5) is 4.49. The summed E-state index contributed by atoms with van der Waals surface area (Å²) in [6, 6.07) is 17.6. The van der Waals surface area contributed by atoms with Crippen molar-refractivity contribution in [3.63, 3.8) is 0 Å². The van der Waals surface area contributed by atoms with Gasteiger partial charge in [-0.2, -0.15) is 4.98 Å². The van der Waals surface area contributed by atoms with Crippen LogP contribution in [0.25, 0.3) is 11.4 Å². The monoisotopic (exact) mass is 380 g/mol. The maximum absolute atomic E-state index is 5.77. The molecular formula is C23H28N2O3. The highest BCUT2D eigenvalue weighted by Crippen LogP contribution is 2.20. The van der Waals surface area contributed by atoms with Gasteiger partial charge in [-0.15, -0.1) is 0 Å². The van der Waals surface area contributed by atoms with Crippen molar-refractivity contribution in [3.8, 4) is 22.9 Å². The average molecular weight is 380 g/mol. The number of para-hydroxylation sites is 1. The summed E-state index contributed by atoms with van der Waals surface area (Å²) in [7, 11) is 0. The summed E-state index contributed by atoms with van der Waals surface area (Å²) in [6.45, 7) is 3.44. The van der Waals surface area contributed by atoms with Crippen molar-refractivity contribution in [2.24, 2.45) is 0 Å². The predicted octanol–water partition coefficient (Wildman–Crippen LogP) is 5.71. The van der Waals surface area contributed by atoms with E-state index in [-0.39, 0.29) is 0 Å². The lowest BCUT2D eigenvalue weighted by atomic mass is 10.1. The first-order chi connectivity index (χ1) is 13.8. The molecule has 3 aromatic rings. The molecule has 2 aromatic carbocycles. The Morgan fingerprint density at radius 1 is 0.786 bits per heavy atom. The van der Waals surface area contributed by atoms with Crippen molar-refractivity contribution in [2.45, 2.75) is 45.4 Å². The molecule has 3 rings (SSSR count). The van der Waals surface area contributed by atoms with Crippen LogP contribution in [0.2, 0.25) is 0 Å². The predicted molar refractivity (Wildman–Crippen MR) is 110 cm³/mol. The number of hydrogen-bond donors (Lipinski definition) is 0. The van der Waals surface area contributed by atoms with Gasteiger partial charge in [0.25, 0.3) is 0 Å². The second-order valence-corrected chi connectivity index (χ2v) is 6.71. The maximum atomic E-state index is 5.77. The van der Waals surface area contributed by atoms with E-state index in [1.165, 1.54) is 19.3 Å². The average Bonchev–Trinajstić information content (AvgIpc) is 3.21. The molecule has 0 radical (unpaired) electrons. The fourth-order valence-electron chi connectivity index (χ4n) is 2.83. The van der Waals surface area contributed by atoms with Gasteiger partial charge in [-0.1, -0.05) is 49.5 Å². The molecule has 1 aromatic heterocycles. The molecule has 0 unspecified atom stereocenters. The standard InChI is InChI=1S/C23H28N2O3/c1-2-3-4-8-12-22-24-23(25-28-22)19-13-15-21(16-14-19)27-18-9-17-26-20-10-6-5-7-11-20/h5-7,10-11,13-16H,2-4,8-9,12,17-18H2,1H3. The Kier molecular flexibility index (Phi) is 7.91. The molecule has 5 nitrogen and oxygen atoms in total. The first kappa shape index (κ1) is 19.9. The lowest BCUT2D eigenvalue weighted by Gasteiger charge is -2.08. The van der Waals surface area contributed by atoms with Crippen molar-refractivity contribution in [1.82, 2.24) is 10.1 Å². The number of benzene rings is 2. The lowest BCUT2D eigenvalue weighted by molar-refractivity contribution is 0.247. The smallest absolute Gasteiger partial charge is 0.226 e. The Labute approximate surface area is 166 Å². The van der Waals surface area contributed by atoms with Gasteiger partial charge in [0.2, 0.25) is 11.7 Å². The third-order valence-corrected chi connectivity index (χ3v) is 4.39. The van der Waals surface area contributed by atoms with Gasteiger partial charge in [0.15, 0.2) is 0 Å². The maximum Gasteiger partial charge on any atom is 0.226 e. The van der Waals surface area contributed by atoms with E-state index in [9.17, 15) is 0 Å². The summed E-state index contributed by atoms with van der Waals surface area (Å²) in [5.74, 6) is 3.06. The van der Waals surface area contributed by atoms with Crippen molar-refractivity contribution in [3.05, 3.63) is 60.5 Å². The zero-order chi connectivity index (χ0) is 19.4. The molecule has 0 atom stereocenters. The summed E-state index contributed by atoms with van der Waals surface area (Å²) < 4.78 is 16.8. The van der Waals surface area contributed by atoms with Crippen LogP contribution in [0.4, 0.5) is 0 Å². The van der Waals surface area contributed by atoms with E-state index in [0.717, 1.165) is 36.3 Å². The minimum absolute atomic E-state index is 0.607. The zero-order valence-electron chi connectivity index (χ0n) is 16.5. The summed E-state index contributed by atoms with van der Waals surface area (Å²) in [5.41, 5.74) is 0.934. The van der Waals surface area contributed by atoms with Crippen LogP contribution in [0.1, 0.15) is 44.9 Å². The summed E-state index contributed by atoms with van der Waals surface area (Å²) in [6.07, 6.45) is 6.44. The molecular weight excluding hydrogens is 352 g/mol. The molecule has 0 fully saturated rings. The van der Waals surface area contributed by atoms with Crippen LogP contribution in [0, 0.1) is 0 Å². The molecule has 0 amide bonds. The molecule has 148 valence electrons. The van der Waals surface area contributed by atoms with E-state index in [4.69, 9.17) is 14.0 Å². The van der Waals surface area contributed by atoms with Crippen molar-refractivity contribution >= 4 is 0 Å². The SMILES string of the molecule is CCCCCCc1nc(-c2ccc(OCCCOc3ccccc3)cc2)no1. The van der Waals surface area contributed by atoms with Crippen LogP contribution in [0.15, 0.2) is 59.1 Å². The van der Waals surface area contributed by atoms with Crippen molar-refractivity contribution in [2.75, 3.05) is 13.2 Å². The molecule has 0 N–H and O–H groups in total. The third kappa shape index (κ3) is 6.41. The van der Waals surface area contributed by atoms with Gasteiger partial charge in [-0.25, -0.2) is 0 Å². The van der Waals surface area contributed by atoms with Crippen molar-refractivity contribution < 1.29 is 14.0 Å². The van der Waals surface area contributed by atoms with E-state index in [1.54, 1.807) is 0 Å². The van der Waals surface area contributed by atoms with Crippen LogP contribution in [0.3, 0.4) is 0 Å². The van der Waals surface area contributed by atoms with Crippen LogP contribution in [0.5, 0.6) is 11.5 Å². The Bertz CT molecular complexity index is 800. The molecule has 5 heteroatoms. The Morgan fingerprint density at radius 3 is 2.21 bits per heavy atom. The normalized spacial score (nSPS) is 10.8. The van der Waals surface area contributed by atoms with Crippen LogP contribution in [-0.4, -0.2) is 23.4 Å². The number of nitrogens with zero attached hydrogens (tertiary/aromatic N) is 2. The van der Waals surface area contributed by atoms with Gasteiger partial charge in [0.1, 0.15) is 11.5 Å². The van der Waals surface area contributed by atoms with Gasteiger partial charge >= 0.3 is 0 Å². The highest BCUT2D eigenvalue weighted by molar-refractivity contribution is 5.55. The van der Waals surface area contributed by atoms with E-state index in [0.29, 0.717) is 24.9 Å². The lowest BCUT2D eigenvalue weighted by Crippen LogP contribution is -2.04. The molecule has 0 aliphatic heterocycles. The van der Waals surface area contributed by atoms with Crippen LogP contribution >= 0.6 is 0 Å². The summed E-state index contributed by atoms with van der Waals surface area (Å²) >= 11 is 0. The second-order valence-electron chi connectivity index (χ2n) is 6.71. The van der Waals surface area contributed by atoms with Gasteiger partial charge in [0.05, 0.1) is 13.2 Å². The third-order valence-electron chi connectivity index (χ3n) is 4.39. The van der Waals surface area contributed by atoms with Gasteiger partial charge < -0.3 is 14.0 Å². The molecule has 0 bridgehead atoms. The largest absolute Gasteiger partial charge is 0.493 e. The minimum atomic E-state index is 0.607. The first-order valence-electron chi connectivity index (χ1n) is 10.1. The minimum Gasteiger partial charge on any atom is -0.493 e. The summed E-state index contributed by atoms with van der Waals surface area (Å²) in [5, 5.41) is 4.09. The fourth-order valence-corrected chi connectivity index (χ4v) is 2.83. The van der Waals surface area contributed by atoms with E-state index in [1.807, 2.05) is 54.6 Å². The molecule has 0 aliphatic carbocycles. The van der Waals surface area contributed by atoms with Crippen LogP contribution < -0.4 is 9.47 Å². The quantitative estimate of drug-likeness (QED) is 0.377. The number of unbranched alkanes of at least 4 members (excludes halogenated alkanes) is 3. The molecule has 0 saturated heterocycles. The van der Waals surface area contributed by atoms with Crippen LogP contribution in [-0.2, 0) is 6.42 Å². The van der Waals surface area contributed by atoms with Gasteiger partial charge in [0, 0.05) is 18.4 Å². The Hall–Kier alpha value is -2.82. The molecule has 1 heterocycles. The molecule has 0 spiro atoms. The Morgan fingerprint density at radius 2 is 1.50 bits per heavy atom. The van der Waals surface area contributed by atoms with E-state index in [2.05, 4.69) is 17.1 Å². The highest BCUT2D eigenvalue weighted by Gasteiger charge is 2.08. The molecule has 0 saturated carbocycles. The second kappa shape index (κ2) is 11.1. The number of hydrogen-bond acceptors (Lipinski definition) is 5. The highest BCUT2D eigenvalue weighted by atomic mass is 16.5. The fraction of sp³-hybridized carbons (Fsp3) is 0.391. The zero-order valence-corrected chi connectivity index (χ0v) is 16.5. The molecule has 0 aliphatic rings. The number of rotatable bonds is 12. The topological polar surface area (TPSA) is 57.4 Å². The number of ether oxygens (including phenoxy) is 2. The van der Waals surface area contributed by atoms with Gasteiger partial charge in [-0.3, -0.25) is 0 Å². The van der Waals surface area contributed by atoms with Gasteiger partial charge in [-0.05, 0) is 42.8 Å². The number of aromatic nitrogens is 2. The first-order valence-corrected chi connectivity index (χ1v) is 10.1. The van der Waals surface area contributed by atoms with E-state index >= 15 is 0 Å². The van der Waals surface area contributed by atoms with Crippen molar-refractivity contribution in [1.29, 1.82) is 0 Å². The Balaban J connectivity index is 1.39. The molecule has 28 heavy (non-hydrogen) atoms. The van der Waals surface area contributed by atoms with E-state index < -0.39 is 0 Å². The number of aryl methyl sites for hydroxylation is 1.